The molecule has 0 aliphatic carbocycles. The van der Waals surface area contributed by atoms with E-state index in [4.69, 9.17) is 0 Å². The molecule has 0 radical (unpaired) electrons. The van der Waals surface area contributed by atoms with Gasteiger partial charge < -0.3 is 4.57 Å². The number of rotatable bonds is 3. The molecule has 15 heavy (non-hydrogen) atoms. The summed E-state index contributed by atoms with van der Waals surface area (Å²) in [5, 5.41) is 1.93. The molecular weight excluding hydrogens is 274 g/mol. The van der Waals surface area contributed by atoms with Gasteiger partial charge in [-0.1, -0.05) is 15.9 Å². The SMILES string of the molecule is Cc1cnc(C(C)n2cnc(CBr)c2)s1. The van der Waals surface area contributed by atoms with Crippen molar-refractivity contribution < 1.29 is 0 Å². The number of alkyl halides is 1. The van der Waals surface area contributed by atoms with Crippen molar-refractivity contribution in [2.75, 3.05) is 0 Å². The van der Waals surface area contributed by atoms with Crippen LogP contribution < -0.4 is 0 Å². The molecule has 5 heteroatoms. The van der Waals surface area contributed by atoms with Gasteiger partial charge in [-0.3, -0.25) is 0 Å². The third-order valence-corrected chi connectivity index (χ3v) is 3.89. The second-order valence-corrected chi connectivity index (χ2v) is 5.26. The molecule has 0 spiro atoms. The van der Waals surface area contributed by atoms with Crippen LogP contribution in [0, 0.1) is 6.92 Å². The van der Waals surface area contributed by atoms with Crippen LogP contribution in [-0.2, 0) is 5.33 Å². The van der Waals surface area contributed by atoms with E-state index in [2.05, 4.69) is 50.5 Å². The Hall–Kier alpha value is -0.680. The van der Waals surface area contributed by atoms with Crippen LogP contribution in [0.25, 0.3) is 0 Å². The van der Waals surface area contributed by atoms with Crippen LogP contribution in [0.5, 0.6) is 0 Å². The number of aromatic nitrogens is 3. The van der Waals surface area contributed by atoms with Crippen LogP contribution in [0.4, 0.5) is 0 Å². The number of hydrogen-bond acceptors (Lipinski definition) is 3. The summed E-state index contributed by atoms with van der Waals surface area (Å²) in [6.07, 6.45) is 5.83. The number of thiazole rings is 1. The van der Waals surface area contributed by atoms with Gasteiger partial charge in [0.1, 0.15) is 5.01 Å². The van der Waals surface area contributed by atoms with E-state index in [-0.39, 0.29) is 6.04 Å². The highest BCUT2D eigenvalue weighted by Crippen LogP contribution is 2.23. The van der Waals surface area contributed by atoms with Crippen LogP contribution in [0.3, 0.4) is 0 Å². The van der Waals surface area contributed by atoms with E-state index in [1.165, 1.54) is 4.88 Å². The van der Waals surface area contributed by atoms with Crippen LogP contribution >= 0.6 is 27.3 Å². The fourth-order valence-electron chi connectivity index (χ4n) is 1.35. The normalized spacial score (nSPS) is 13.0. The Morgan fingerprint density at radius 1 is 1.53 bits per heavy atom. The minimum absolute atomic E-state index is 0.268. The van der Waals surface area contributed by atoms with Crippen molar-refractivity contribution in [3.63, 3.8) is 0 Å². The number of halogens is 1. The van der Waals surface area contributed by atoms with Gasteiger partial charge in [0.25, 0.3) is 0 Å². The molecule has 0 saturated carbocycles. The summed E-state index contributed by atoms with van der Waals surface area (Å²) in [4.78, 5) is 9.91. The van der Waals surface area contributed by atoms with Gasteiger partial charge in [-0.25, -0.2) is 9.97 Å². The van der Waals surface area contributed by atoms with Gasteiger partial charge in [0.05, 0.1) is 18.1 Å². The van der Waals surface area contributed by atoms with Gasteiger partial charge >= 0.3 is 0 Å². The molecule has 2 aromatic rings. The Balaban J connectivity index is 2.23. The summed E-state index contributed by atoms with van der Waals surface area (Å²) in [6.45, 7) is 4.21. The van der Waals surface area contributed by atoms with Crippen molar-refractivity contribution in [3.8, 4) is 0 Å². The molecule has 0 aliphatic heterocycles. The molecule has 0 fully saturated rings. The van der Waals surface area contributed by atoms with E-state index in [0.29, 0.717) is 0 Å². The minimum atomic E-state index is 0.268. The molecule has 2 rings (SSSR count). The predicted molar refractivity (Wildman–Crippen MR) is 65.5 cm³/mol. The van der Waals surface area contributed by atoms with Crippen LogP contribution in [0.2, 0.25) is 0 Å². The summed E-state index contributed by atoms with van der Waals surface area (Å²) in [6, 6.07) is 0.268. The lowest BCUT2D eigenvalue weighted by Gasteiger charge is -2.08. The first-order valence-corrected chi connectivity index (χ1v) is 6.65. The van der Waals surface area contributed by atoms with Crippen molar-refractivity contribution in [3.05, 3.63) is 34.3 Å². The number of nitrogens with zero attached hydrogens (tertiary/aromatic N) is 3. The molecule has 2 aromatic heterocycles. The van der Waals surface area contributed by atoms with Gasteiger partial charge in [-0.15, -0.1) is 11.3 Å². The van der Waals surface area contributed by atoms with E-state index in [9.17, 15) is 0 Å². The summed E-state index contributed by atoms with van der Waals surface area (Å²) < 4.78 is 2.09. The molecule has 0 N–H and O–H groups in total. The third-order valence-electron chi connectivity index (χ3n) is 2.24. The first-order chi connectivity index (χ1) is 7.20. The quantitative estimate of drug-likeness (QED) is 0.811. The first kappa shape index (κ1) is 10.8. The average molecular weight is 286 g/mol. The molecule has 0 bridgehead atoms. The minimum Gasteiger partial charge on any atom is -0.328 e. The molecule has 2 heterocycles. The Morgan fingerprint density at radius 3 is 2.87 bits per heavy atom. The lowest BCUT2D eigenvalue weighted by atomic mass is 10.3. The average Bonchev–Trinajstić information content (AvgIpc) is 2.84. The van der Waals surface area contributed by atoms with Crippen molar-refractivity contribution in [2.45, 2.75) is 25.2 Å². The van der Waals surface area contributed by atoms with Crippen molar-refractivity contribution in [1.82, 2.24) is 14.5 Å². The molecular formula is C10H12BrN3S. The van der Waals surface area contributed by atoms with Crippen molar-refractivity contribution in [1.29, 1.82) is 0 Å². The monoisotopic (exact) mass is 285 g/mol. The van der Waals surface area contributed by atoms with Gasteiger partial charge in [-0.2, -0.15) is 0 Å². The Morgan fingerprint density at radius 2 is 2.33 bits per heavy atom. The van der Waals surface area contributed by atoms with E-state index in [1.54, 1.807) is 11.3 Å². The molecule has 3 nitrogen and oxygen atoms in total. The van der Waals surface area contributed by atoms with E-state index in [1.807, 2.05) is 12.5 Å². The zero-order valence-corrected chi connectivity index (χ0v) is 11.0. The Kier molecular flexibility index (Phi) is 3.21. The second kappa shape index (κ2) is 4.45. The Bertz CT molecular complexity index is 449. The van der Waals surface area contributed by atoms with Crippen LogP contribution in [0.15, 0.2) is 18.7 Å². The summed E-state index contributed by atoms with van der Waals surface area (Å²) in [7, 11) is 0. The molecule has 0 saturated heterocycles. The van der Waals surface area contributed by atoms with Crippen LogP contribution in [-0.4, -0.2) is 14.5 Å². The first-order valence-electron chi connectivity index (χ1n) is 4.71. The summed E-state index contributed by atoms with van der Waals surface area (Å²) in [5.74, 6) is 0. The van der Waals surface area contributed by atoms with Gasteiger partial charge in [0.2, 0.25) is 0 Å². The maximum Gasteiger partial charge on any atom is 0.115 e. The standard InChI is InChI=1S/C10H12BrN3S/c1-7-4-12-10(15-7)8(2)14-5-9(3-11)13-6-14/h4-6,8H,3H2,1-2H3. The van der Waals surface area contributed by atoms with Crippen molar-refractivity contribution in [2.24, 2.45) is 0 Å². The summed E-state index contributed by atoms with van der Waals surface area (Å²) in [5.41, 5.74) is 1.05. The van der Waals surface area contributed by atoms with Gasteiger partial charge in [0, 0.05) is 22.6 Å². The molecule has 80 valence electrons. The predicted octanol–water partition coefficient (Wildman–Crippen LogP) is 3.15. The fraction of sp³-hybridized carbons (Fsp3) is 0.400. The van der Waals surface area contributed by atoms with Gasteiger partial charge in [0.15, 0.2) is 0 Å². The Labute approximate surface area is 101 Å². The molecule has 1 unspecified atom stereocenters. The maximum atomic E-state index is 4.39. The smallest absolute Gasteiger partial charge is 0.115 e. The lowest BCUT2D eigenvalue weighted by Crippen LogP contribution is -2.03. The fourth-order valence-corrected chi connectivity index (χ4v) is 2.48. The highest BCUT2D eigenvalue weighted by atomic mass is 79.9. The highest BCUT2D eigenvalue weighted by molar-refractivity contribution is 9.08. The maximum absolute atomic E-state index is 4.39. The van der Waals surface area contributed by atoms with E-state index in [0.717, 1.165) is 16.0 Å². The largest absolute Gasteiger partial charge is 0.328 e. The van der Waals surface area contributed by atoms with Crippen LogP contribution in [0.1, 0.15) is 28.5 Å². The molecule has 0 aliphatic rings. The molecule has 0 amide bonds. The third kappa shape index (κ3) is 2.29. The number of aryl methyl sites for hydroxylation is 1. The van der Waals surface area contributed by atoms with E-state index < -0.39 is 0 Å². The molecule has 0 aromatic carbocycles. The number of hydrogen-bond donors (Lipinski definition) is 0. The van der Waals surface area contributed by atoms with Crippen molar-refractivity contribution >= 4 is 27.3 Å². The number of imidazole rings is 1. The second-order valence-electron chi connectivity index (χ2n) is 3.43. The zero-order valence-electron chi connectivity index (χ0n) is 8.64. The molecule has 1 atom stereocenters. The topological polar surface area (TPSA) is 30.7 Å². The highest BCUT2D eigenvalue weighted by Gasteiger charge is 2.11. The van der Waals surface area contributed by atoms with Gasteiger partial charge in [-0.05, 0) is 13.8 Å². The lowest BCUT2D eigenvalue weighted by molar-refractivity contribution is 0.633. The summed E-state index contributed by atoms with van der Waals surface area (Å²) >= 11 is 5.13. The zero-order chi connectivity index (χ0) is 10.8. The van der Waals surface area contributed by atoms with E-state index >= 15 is 0 Å².